The zero-order valence-electron chi connectivity index (χ0n) is 8.37. The predicted molar refractivity (Wildman–Crippen MR) is 63.8 cm³/mol. The maximum atomic E-state index is 6.01. The van der Waals surface area contributed by atoms with Crippen LogP contribution in [0.5, 0.6) is 0 Å². The second kappa shape index (κ2) is 3.68. The lowest BCUT2D eigenvalue weighted by Gasteiger charge is -2.10. The molecule has 0 spiro atoms. The highest BCUT2D eigenvalue weighted by molar-refractivity contribution is 6.35. The monoisotopic (exact) mass is 221 g/mol. The number of anilines is 1. The fourth-order valence-corrected chi connectivity index (χ4v) is 1.78. The third-order valence-electron chi connectivity index (χ3n) is 2.35. The van der Waals surface area contributed by atoms with Crippen LogP contribution in [0, 0.1) is 0 Å². The molecule has 1 atom stereocenters. The fourth-order valence-electron chi connectivity index (χ4n) is 1.56. The van der Waals surface area contributed by atoms with Gasteiger partial charge < -0.3 is 11.5 Å². The molecule has 0 aliphatic rings. The summed E-state index contributed by atoms with van der Waals surface area (Å²) in [5.74, 6) is 0.450. The minimum atomic E-state index is -0.124. The summed E-state index contributed by atoms with van der Waals surface area (Å²) in [5.41, 5.74) is 13.2. The van der Waals surface area contributed by atoms with Crippen molar-refractivity contribution in [3.05, 3.63) is 34.9 Å². The molecule has 0 saturated carbocycles. The molecular formula is C11H12ClN3. The fraction of sp³-hybridized carbons (Fsp3) is 0.182. The number of aromatic nitrogens is 1. The lowest BCUT2D eigenvalue weighted by atomic mass is 10.1. The zero-order chi connectivity index (χ0) is 11.0. The zero-order valence-corrected chi connectivity index (χ0v) is 9.12. The Bertz CT molecular complexity index is 508. The molecule has 0 fully saturated rings. The molecule has 0 radical (unpaired) electrons. The Morgan fingerprint density at radius 2 is 2.13 bits per heavy atom. The largest absolute Gasteiger partial charge is 0.383 e. The summed E-state index contributed by atoms with van der Waals surface area (Å²) in [5, 5.41) is 1.57. The van der Waals surface area contributed by atoms with Crippen molar-refractivity contribution in [1.82, 2.24) is 4.98 Å². The third kappa shape index (κ3) is 1.76. The van der Waals surface area contributed by atoms with Gasteiger partial charge in [-0.1, -0.05) is 23.7 Å². The van der Waals surface area contributed by atoms with Gasteiger partial charge in [-0.25, -0.2) is 4.98 Å². The van der Waals surface area contributed by atoms with E-state index in [4.69, 9.17) is 23.1 Å². The molecule has 0 aliphatic heterocycles. The highest BCUT2D eigenvalue weighted by atomic mass is 35.5. The van der Waals surface area contributed by atoms with Gasteiger partial charge in [-0.3, -0.25) is 0 Å². The van der Waals surface area contributed by atoms with Gasteiger partial charge in [-0.2, -0.15) is 0 Å². The van der Waals surface area contributed by atoms with Crippen LogP contribution in [-0.4, -0.2) is 4.98 Å². The Balaban J connectivity index is 2.76. The van der Waals surface area contributed by atoms with Gasteiger partial charge in [-0.05, 0) is 19.1 Å². The third-order valence-corrected chi connectivity index (χ3v) is 2.65. The summed E-state index contributed by atoms with van der Waals surface area (Å²) in [4.78, 5) is 4.26. The smallest absolute Gasteiger partial charge is 0.128 e. The molecule has 2 rings (SSSR count). The van der Waals surface area contributed by atoms with Crippen molar-refractivity contribution in [3.63, 3.8) is 0 Å². The first kappa shape index (κ1) is 10.2. The maximum absolute atomic E-state index is 6.01. The van der Waals surface area contributed by atoms with Crippen LogP contribution < -0.4 is 11.5 Å². The summed E-state index contributed by atoms with van der Waals surface area (Å²) >= 11 is 6.01. The number of benzene rings is 1. The number of pyridine rings is 1. The second-order valence-corrected chi connectivity index (χ2v) is 3.97. The number of para-hydroxylation sites is 1. The number of hydrogen-bond acceptors (Lipinski definition) is 3. The molecule has 0 saturated heterocycles. The van der Waals surface area contributed by atoms with Crippen molar-refractivity contribution in [2.75, 3.05) is 5.73 Å². The molecule has 2 aromatic rings. The van der Waals surface area contributed by atoms with E-state index in [1.807, 2.05) is 25.1 Å². The predicted octanol–water partition coefficient (Wildman–Crippen LogP) is 2.49. The van der Waals surface area contributed by atoms with Crippen LogP contribution in [-0.2, 0) is 0 Å². The number of halogens is 1. The van der Waals surface area contributed by atoms with Crippen molar-refractivity contribution in [2.45, 2.75) is 13.0 Å². The molecule has 3 nitrogen and oxygen atoms in total. The summed E-state index contributed by atoms with van der Waals surface area (Å²) < 4.78 is 0. The Morgan fingerprint density at radius 1 is 1.40 bits per heavy atom. The van der Waals surface area contributed by atoms with Crippen LogP contribution in [0.15, 0.2) is 24.3 Å². The molecule has 4 N–H and O–H groups in total. The van der Waals surface area contributed by atoms with Gasteiger partial charge in [0, 0.05) is 17.0 Å². The number of nitrogens with two attached hydrogens (primary N) is 2. The normalized spacial score (nSPS) is 13.0. The van der Waals surface area contributed by atoms with Gasteiger partial charge in [0.25, 0.3) is 0 Å². The van der Waals surface area contributed by atoms with Crippen LogP contribution in [0.1, 0.15) is 18.5 Å². The summed E-state index contributed by atoms with van der Waals surface area (Å²) in [6.45, 7) is 1.88. The number of hydrogen-bond donors (Lipinski definition) is 2. The van der Waals surface area contributed by atoms with Crippen molar-refractivity contribution in [2.24, 2.45) is 5.73 Å². The number of fused-ring (bicyclic) bond motifs is 1. The number of nitrogens with zero attached hydrogens (tertiary/aromatic N) is 1. The van der Waals surface area contributed by atoms with Crippen LogP contribution in [0.3, 0.4) is 0 Å². The summed E-state index contributed by atoms with van der Waals surface area (Å²) in [6.07, 6.45) is 0. The molecule has 0 aliphatic carbocycles. The van der Waals surface area contributed by atoms with Gasteiger partial charge in [0.05, 0.1) is 10.5 Å². The van der Waals surface area contributed by atoms with E-state index in [0.29, 0.717) is 10.8 Å². The minimum absolute atomic E-state index is 0.124. The maximum Gasteiger partial charge on any atom is 0.128 e. The average molecular weight is 222 g/mol. The molecule has 15 heavy (non-hydrogen) atoms. The topological polar surface area (TPSA) is 64.9 Å². The lowest BCUT2D eigenvalue weighted by Crippen LogP contribution is -2.09. The van der Waals surface area contributed by atoms with Crippen molar-refractivity contribution >= 4 is 28.3 Å². The molecule has 78 valence electrons. The molecular weight excluding hydrogens is 210 g/mol. The quantitative estimate of drug-likeness (QED) is 0.778. The van der Waals surface area contributed by atoms with E-state index >= 15 is 0 Å². The standard InChI is InChI=1S/C11H12ClN3/c1-6(13)8-5-7-3-2-4-9(12)10(7)15-11(8)14/h2-6H,13H2,1H3,(H2,14,15)/t6-/m0/s1. The van der Waals surface area contributed by atoms with Crippen molar-refractivity contribution in [3.8, 4) is 0 Å². The lowest BCUT2D eigenvalue weighted by molar-refractivity contribution is 0.818. The van der Waals surface area contributed by atoms with E-state index in [0.717, 1.165) is 16.5 Å². The van der Waals surface area contributed by atoms with Gasteiger partial charge in [0.1, 0.15) is 5.82 Å². The SMILES string of the molecule is C[C@H](N)c1cc2cccc(Cl)c2nc1N. The van der Waals surface area contributed by atoms with Crippen molar-refractivity contribution < 1.29 is 0 Å². The average Bonchev–Trinajstić information content (AvgIpc) is 2.18. The minimum Gasteiger partial charge on any atom is -0.383 e. The highest BCUT2D eigenvalue weighted by Gasteiger charge is 2.09. The van der Waals surface area contributed by atoms with E-state index in [-0.39, 0.29) is 6.04 Å². The summed E-state index contributed by atoms with van der Waals surface area (Å²) in [6, 6.07) is 7.43. The molecule has 0 unspecified atom stereocenters. The van der Waals surface area contributed by atoms with Crippen molar-refractivity contribution in [1.29, 1.82) is 0 Å². The van der Waals surface area contributed by atoms with Gasteiger partial charge in [0.15, 0.2) is 0 Å². The molecule has 1 aromatic carbocycles. The first-order valence-corrected chi connectivity index (χ1v) is 5.07. The van der Waals surface area contributed by atoms with E-state index in [1.54, 1.807) is 6.07 Å². The number of nitrogen functional groups attached to an aromatic ring is 1. The molecule has 1 heterocycles. The van der Waals surface area contributed by atoms with Crippen LogP contribution in [0.4, 0.5) is 5.82 Å². The number of rotatable bonds is 1. The van der Waals surface area contributed by atoms with Gasteiger partial charge in [-0.15, -0.1) is 0 Å². The Labute approximate surface area is 93.0 Å². The summed E-state index contributed by atoms with van der Waals surface area (Å²) in [7, 11) is 0. The molecule has 0 amide bonds. The Kier molecular flexibility index (Phi) is 2.50. The molecule has 1 aromatic heterocycles. The van der Waals surface area contributed by atoms with E-state index < -0.39 is 0 Å². The van der Waals surface area contributed by atoms with E-state index in [1.165, 1.54) is 0 Å². The van der Waals surface area contributed by atoms with E-state index in [2.05, 4.69) is 4.98 Å². The van der Waals surface area contributed by atoms with Crippen LogP contribution in [0.25, 0.3) is 10.9 Å². The first-order chi connectivity index (χ1) is 7.09. The van der Waals surface area contributed by atoms with Gasteiger partial charge >= 0.3 is 0 Å². The Hall–Kier alpha value is -1.32. The first-order valence-electron chi connectivity index (χ1n) is 4.70. The Morgan fingerprint density at radius 3 is 2.80 bits per heavy atom. The van der Waals surface area contributed by atoms with Crippen LogP contribution >= 0.6 is 11.6 Å². The molecule has 4 heteroatoms. The second-order valence-electron chi connectivity index (χ2n) is 3.56. The van der Waals surface area contributed by atoms with Gasteiger partial charge in [0.2, 0.25) is 0 Å². The van der Waals surface area contributed by atoms with Crippen LogP contribution in [0.2, 0.25) is 5.02 Å². The highest BCUT2D eigenvalue weighted by Crippen LogP contribution is 2.26. The molecule has 0 bridgehead atoms. The van der Waals surface area contributed by atoms with E-state index in [9.17, 15) is 0 Å².